The number of rotatable bonds is 4. The maximum absolute atomic E-state index is 8.64. The SMILES string of the molecule is [2H]c1c([2H])c([2H])c(-c2ccc3c(c2)Oc2c(C4CC4)cc(C4CC4)c4c2B3c2cc(-c3c([2H])c([2H])c([2H])c([2H])c3[2H])ccc2O4)c([2H])c1[2H]. The van der Waals surface area contributed by atoms with Crippen molar-refractivity contribution < 1.29 is 23.2 Å². The van der Waals surface area contributed by atoms with Gasteiger partial charge < -0.3 is 9.47 Å². The molecule has 39 heavy (non-hydrogen) atoms. The van der Waals surface area contributed by atoms with Crippen molar-refractivity contribution in [3.63, 3.8) is 0 Å². The first-order valence-corrected chi connectivity index (χ1v) is 13.4. The summed E-state index contributed by atoms with van der Waals surface area (Å²) < 4.78 is 97.1. The van der Waals surface area contributed by atoms with E-state index in [2.05, 4.69) is 6.07 Å². The predicted octanol–water partition coefficient (Wildman–Crippen LogP) is 7.50. The van der Waals surface area contributed by atoms with Crippen molar-refractivity contribution in [2.24, 2.45) is 0 Å². The Morgan fingerprint density at radius 3 is 1.74 bits per heavy atom. The lowest BCUT2D eigenvalue weighted by Gasteiger charge is -2.36. The van der Waals surface area contributed by atoms with E-state index in [-0.39, 0.29) is 35.3 Å². The van der Waals surface area contributed by atoms with Crippen LogP contribution >= 0.6 is 0 Å². The Hall–Kier alpha value is -4.24. The van der Waals surface area contributed by atoms with Gasteiger partial charge in [-0.3, -0.25) is 0 Å². The summed E-state index contributed by atoms with van der Waals surface area (Å²) >= 11 is 0. The van der Waals surface area contributed by atoms with Crippen molar-refractivity contribution in [1.82, 2.24) is 0 Å². The Morgan fingerprint density at radius 2 is 1.13 bits per heavy atom. The van der Waals surface area contributed by atoms with Gasteiger partial charge in [0.2, 0.25) is 0 Å². The summed E-state index contributed by atoms with van der Waals surface area (Å²) in [5, 5.41) is 0. The Balaban J connectivity index is 1.30. The second-order valence-electron chi connectivity index (χ2n) is 10.8. The molecule has 2 aliphatic carbocycles. The summed E-state index contributed by atoms with van der Waals surface area (Å²) in [6.07, 6.45) is 4.22. The van der Waals surface area contributed by atoms with Crippen LogP contribution in [0.2, 0.25) is 0 Å². The van der Waals surface area contributed by atoms with Gasteiger partial charge >= 0.3 is 0 Å². The van der Waals surface area contributed by atoms with Gasteiger partial charge in [0, 0.05) is 5.46 Å². The fraction of sp³-hybridized carbons (Fsp3) is 0.167. The summed E-state index contributed by atoms with van der Waals surface area (Å²) in [4.78, 5) is 0. The van der Waals surface area contributed by atoms with E-state index in [0.29, 0.717) is 40.2 Å². The molecule has 2 aliphatic heterocycles. The van der Waals surface area contributed by atoms with E-state index < -0.39 is 43.0 Å². The van der Waals surface area contributed by atoms with Gasteiger partial charge in [0.25, 0.3) is 6.71 Å². The molecular formula is C36H27BO2. The largest absolute Gasteiger partial charge is 0.458 e. The second kappa shape index (κ2) is 8.13. The van der Waals surface area contributed by atoms with Gasteiger partial charge in [-0.2, -0.15) is 0 Å². The van der Waals surface area contributed by atoms with E-state index in [0.717, 1.165) is 58.9 Å². The van der Waals surface area contributed by atoms with Gasteiger partial charge in [0.1, 0.15) is 23.0 Å². The lowest BCUT2D eigenvalue weighted by Crippen LogP contribution is -2.57. The minimum atomic E-state index is -0.455. The zero-order valence-electron chi connectivity index (χ0n) is 30.9. The van der Waals surface area contributed by atoms with E-state index in [9.17, 15) is 0 Å². The third-order valence-corrected chi connectivity index (χ3v) is 8.29. The zero-order valence-corrected chi connectivity index (χ0v) is 20.9. The summed E-state index contributed by atoms with van der Waals surface area (Å²) in [6.45, 7) is -0.396. The minimum absolute atomic E-state index is 0.0891. The van der Waals surface area contributed by atoms with Crippen LogP contribution in [0.15, 0.2) is 103 Å². The highest BCUT2D eigenvalue weighted by atomic mass is 16.5. The standard InChI is InChI=1S/C36H27BO2/c1-3-7-22(8-4-1)26-16-18-32-31(19-26)37-30-17-15-27(23-9-5-2-6-10-23)20-33(30)39-36-29(25-13-14-25)21-28(24-11-12-24)35(38-32)34(36)37/h1-10,15-21,24-25H,11-14H2/i1D,2D,3D,4D,5D,6D,7D,8D,9D,10D. The lowest BCUT2D eigenvalue weighted by molar-refractivity contribution is 0.456. The van der Waals surface area contributed by atoms with Gasteiger partial charge in [-0.25, -0.2) is 0 Å². The summed E-state index contributed by atoms with van der Waals surface area (Å²) in [5.74, 6) is 3.30. The van der Waals surface area contributed by atoms with Crippen molar-refractivity contribution in [1.29, 1.82) is 0 Å². The third-order valence-electron chi connectivity index (χ3n) is 8.29. The van der Waals surface area contributed by atoms with Crippen LogP contribution in [0.25, 0.3) is 22.3 Å². The highest BCUT2D eigenvalue weighted by Gasteiger charge is 2.45. The molecule has 0 N–H and O–H groups in total. The molecule has 9 rings (SSSR count). The van der Waals surface area contributed by atoms with Gasteiger partial charge in [-0.05, 0) is 100 Å². The molecular weight excluding hydrogens is 475 g/mol. The van der Waals surface area contributed by atoms with Crippen LogP contribution in [-0.4, -0.2) is 6.71 Å². The van der Waals surface area contributed by atoms with Crippen LogP contribution < -0.4 is 25.9 Å². The predicted molar refractivity (Wildman–Crippen MR) is 159 cm³/mol. The Bertz CT molecular complexity index is 2280. The van der Waals surface area contributed by atoms with Crippen LogP contribution in [0.1, 0.15) is 62.4 Å². The minimum Gasteiger partial charge on any atom is -0.458 e. The number of hydrogen-bond acceptors (Lipinski definition) is 2. The van der Waals surface area contributed by atoms with Crippen LogP contribution in [0.3, 0.4) is 0 Å². The average molecular weight is 512 g/mol. The van der Waals surface area contributed by atoms with E-state index in [1.807, 2.05) is 12.1 Å². The highest BCUT2D eigenvalue weighted by Crippen LogP contribution is 2.53. The Morgan fingerprint density at radius 1 is 0.564 bits per heavy atom. The van der Waals surface area contributed by atoms with Gasteiger partial charge in [-0.15, -0.1) is 0 Å². The fourth-order valence-corrected chi connectivity index (χ4v) is 6.12. The molecule has 0 bridgehead atoms. The molecule has 0 spiro atoms. The fourth-order valence-electron chi connectivity index (χ4n) is 6.12. The van der Waals surface area contributed by atoms with Crippen LogP contribution in [0, 0.1) is 0 Å². The first-order chi connectivity index (χ1) is 23.5. The molecule has 0 amide bonds. The maximum Gasteiger partial charge on any atom is 0.260 e. The molecule has 0 radical (unpaired) electrons. The summed E-state index contributed by atoms with van der Waals surface area (Å²) in [7, 11) is 0. The van der Waals surface area contributed by atoms with Crippen LogP contribution in [-0.2, 0) is 0 Å². The van der Waals surface area contributed by atoms with Crippen molar-refractivity contribution >= 4 is 23.1 Å². The first-order valence-electron chi connectivity index (χ1n) is 18.4. The summed E-state index contributed by atoms with van der Waals surface area (Å²) in [5.41, 5.74) is 5.82. The second-order valence-corrected chi connectivity index (χ2v) is 10.8. The molecule has 2 fully saturated rings. The molecule has 4 aliphatic rings. The van der Waals surface area contributed by atoms with Crippen molar-refractivity contribution in [3.8, 4) is 45.3 Å². The Kier molecular flexibility index (Phi) is 2.97. The average Bonchev–Trinajstić information content (AvgIpc) is 4.03. The summed E-state index contributed by atoms with van der Waals surface area (Å²) in [6, 6.07) is 9.28. The van der Waals surface area contributed by atoms with E-state index in [4.69, 9.17) is 23.2 Å². The number of ether oxygens (including phenoxy) is 2. The van der Waals surface area contributed by atoms with Crippen molar-refractivity contribution in [2.75, 3.05) is 0 Å². The molecule has 3 heteroatoms. The molecule has 0 atom stereocenters. The zero-order chi connectivity index (χ0) is 34.2. The molecule has 5 aromatic rings. The molecule has 0 unspecified atom stereocenters. The quantitative estimate of drug-likeness (QED) is 0.227. The molecule has 2 nitrogen and oxygen atoms in total. The van der Waals surface area contributed by atoms with Gasteiger partial charge in [0.15, 0.2) is 0 Å². The topological polar surface area (TPSA) is 18.5 Å². The smallest absolute Gasteiger partial charge is 0.260 e. The molecule has 0 saturated heterocycles. The molecule has 2 heterocycles. The van der Waals surface area contributed by atoms with Gasteiger partial charge in [0.05, 0.1) is 13.7 Å². The highest BCUT2D eigenvalue weighted by molar-refractivity contribution is 6.98. The molecule has 2 saturated carbocycles. The maximum atomic E-state index is 8.64. The van der Waals surface area contributed by atoms with Crippen molar-refractivity contribution in [3.05, 3.63) is 114 Å². The lowest BCUT2D eigenvalue weighted by atomic mass is 9.34. The first kappa shape index (κ1) is 14.2. The van der Waals surface area contributed by atoms with Crippen LogP contribution in [0.5, 0.6) is 23.0 Å². The molecule has 186 valence electrons. The van der Waals surface area contributed by atoms with E-state index in [1.165, 1.54) is 0 Å². The monoisotopic (exact) mass is 512 g/mol. The molecule has 0 aromatic heterocycles. The normalized spacial score (nSPS) is 20.1. The Labute approximate surface area is 243 Å². The van der Waals surface area contributed by atoms with Crippen LogP contribution in [0.4, 0.5) is 0 Å². The van der Waals surface area contributed by atoms with Gasteiger partial charge in [-0.1, -0.05) is 84.7 Å². The molecule has 5 aromatic carbocycles. The number of fused-ring (bicyclic) bond motifs is 4. The third kappa shape index (κ3) is 3.42. The number of hydrogen-bond donors (Lipinski definition) is 0. The van der Waals surface area contributed by atoms with E-state index in [1.54, 1.807) is 24.3 Å². The van der Waals surface area contributed by atoms with E-state index >= 15 is 0 Å². The number of benzene rings is 5. The van der Waals surface area contributed by atoms with Crippen molar-refractivity contribution in [2.45, 2.75) is 37.5 Å².